The van der Waals surface area contributed by atoms with E-state index in [9.17, 15) is 4.79 Å². The second-order valence-corrected chi connectivity index (χ2v) is 7.71. The molecule has 1 unspecified atom stereocenters. The van der Waals surface area contributed by atoms with Crippen molar-refractivity contribution >= 4 is 35.1 Å². The Labute approximate surface area is 180 Å². The molecule has 29 heavy (non-hydrogen) atoms. The summed E-state index contributed by atoms with van der Waals surface area (Å²) in [5, 5.41) is 8.19. The van der Waals surface area contributed by atoms with Crippen LogP contribution in [0, 0.1) is 6.92 Å². The number of nitrogens with zero attached hydrogens (tertiary/aromatic N) is 3. The van der Waals surface area contributed by atoms with E-state index in [2.05, 4.69) is 27.0 Å². The standard InChI is InChI=1S/C21H24ClN5OS/c1-4-5-20(15-10-17(26-29-3)12-23-11-15)25-21(28)19-13-24-27(14(19)2)18-8-6-16(22)7-9-18/h6-13,20,26H,4-5H2,1-3H3,(H,25,28). The molecule has 0 bridgehead atoms. The first kappa shape index (κ1) is 21.2. The van der Waals surface area contributed by atoms with Gasteiger partial charge >= 0.3 is 0 Å². The largest absolute Gasteiger partial charge is 0.345 e. The van der Waals surface area contributed by atoms with Crippen LogP contribution >= 0.6 is 23.5 Å². The molecule has 0 radical (unpaired) electrons. The molecule has 2 N–H and O–H groups in total. The Bertz CT molecular complexity index is 973. The fraction of sp³-hybridized carbons (Fsp3) is 0.286. The highest BCUT2D eigenvalue weighted by atomic mass is 35.5. The topological polar surface area (TPSA) is 71.8 Å². The number of carbonyl (C=O) groups excluding carboxylic acids is 1. The van der Waals surface area contributed by atoms with Crippen LogP contribution in [0.3, 0.4) is 0 Å². The van der Waals surface area contributed by atoms with Crippen LogP contribution in [0.4, 0.5) is 5.69 Å². The summed E-state index contributed by atoms with van der Waals surface area (Å²) >= 11 is 7.47. The Hall–Kier alpha value is -2.51. The molecule has 152 valence electrons. The van der Waals surface area contributed by atoms with E-state index in [1.54, 1.807) is 35.4 Å². The van der Waals surface area contributed by atoms with Crippen molar-refractivity contribution in [2.75, 3.05) is 11.0 Å². The molecule has 1 aromatic carbocycles. The third kappa shape index (κ3) is 5.10. The van der Waals surface area contributed by atoms with Gasteiger partial charge in [0.25, 0.3) is 5.91 Å². The highest BCUT2D eigenvalue weighted by molar-refractivity contribution is 7.99. The van der Waals surface area contributed by atoms with Crippen LogP contribution in [0.2, 0.25) is 5.02 Å². The van der Waals surface area contributed by atoms with Crippen molar-refractivity contribution in [3.8, 4) is 5.69 Å². The molecular formula is C21H24ClN5OS. The predicted octanol–water partition coefficient (Wildman–Crippen LogP) is 5.19. The molecule has 1 atom stereocenters. The van der Waals surface area contributed by atoms with Gasteiger partial charge in [0.1, 0.15) is 0 Å². The molecule has 8 heteroatoms. The minimum Gasteiger partial charge on any atom is -0.345 e. The minimum atomic E-state index is -0.149. The average molecular weight is 430 g/mol. The van der Waals surface area contributed by atoms with Crippen molar-refractivity contribution in [3.63, 3.8) is 0 Å². The smallest absolute Gasteiger partial charge is 0.255 e. The van der Waals surface area contributed by atoms with E-state index >= 15 is 0 Å². The molecule has 0 fully saturated rings. The number of amides is 1. The number of pyridine rings is 1. The van der Waals surface area contributed by atoms with Gasteiger partial charge in [0.15, 0.2) is 0 Å². The van der Waals surface area contributed by atoms with Gasteiger partial charge in [-0.25, -0.2) is 4.68 Å². The van der Waals surface area contributed by atoms with Crippen LogP contribution in [0.15, 0.2) is 48.9 Å². The number of nitrogens with one attached hydrogen (secondary N) is 2. The van der Waals surface area contributed by atoms with Gasteiger partial charge in [-0.05, 0) is 49.2 Å². The quantitative estimate of drug-likeness (QED) is 0.482. The number of benzene rings is 1. The Kier molecular flexibility index (Phi) is 7.17. The summed E-state index contributed by atoms with van der Waals surface area (Å²) in [5.74, 6) is -0.149. The SMILES string of the molecule is CCCC(NC(=O)c1cnn(-c2ccc(Cl)cc2)c1C)c1cncc(NSC)c1. The third-order valence-electron chi connectivity index (χ3n) is 4.59. The first-order chi connectivity index (χ1) is 14.0. The summed E-state index contributed by atoms with van der Waals surface area (Å²) in [6.45, 7) is 3.98. The van der Waals surface area contributed by atoms with Gasteiger partial charge in [0.05, 0.1) is 41.1 Å². The third-order valence-corrected chi connectivity index (χ3v) is 5.28. The van der Waals surface area contributed by atoms with Crippen molar-refractivity contribution in [2.45, 2.75) is 32.7 Å². The first-order valence-electron chi connectivity index (χ1n) is 9.38. The number of carbonyl (C=O) groups is 1. The van der Waals surface area contributed by atoms with Crippen molar-refractivity contribution in [2.24, 2.45) is 0 Å². The van der Waals surface area contributed by atoms with E-state index in [0.717, 1.165) is 35.5 Å². The maximum atomic E-state index is 13.0. The average Bonchev–Trinajstić information content (AvgIpc) is 3.10. The fourth-order valence-electron chi connectivity index (χ4n) is 3.14. The summed E-state index contributed by atoms with van der Waals surface area (Å²) in [4.78, 5) is 17.3. The molecule has 1 amide bonds. The second-order valence-electron chi connectivity index (χ2n) is 6.66. The highest BCUT2D eigenvalue weighted by Gasteiger charge is 2.20. The second kappa shape index (κ2) is 9.80. The van der Waals surface area contributed by atoms with Crippen molar-refractivity contribution in [1.29, 1.82) is 0 Å². The van der Waals surface area contributed by atoms with Crippen LogP contribution in [0.5, 0.6) is 0 Å². The van der Waals surface area contributed by atoms with Crippen LogP contribution in [-0.4, -0.2) is 26.9 Å². The highest BCUT2D eigenvalue weighted by Crippen LogP contribution is 2.23. The normalized spacial score (nSPS) is 11.9. The number of hydrogen-bond donors (Lipinski definition) is 2. The number of rotatable bonds is 8. The van der Waals surface area contributed by atoms with E-state index in [0.29, 0.717) is 10.6 Å². The van der Waals surface area contributed by atoms with Gasteiger partial charge in [-0.2, -0.15) is 5.10 Å². The lowest BCUT2D eigenvalue weighted by Gasteiger charge is -2.19. The van der Waals surface area contributed by atoms with Crippen LogP contribution < -0.4 is 10.0 Å². The van der Waals surface area contributed by atoms with Crippen LogP contribution in [-0.2, 0) is 0 Å². The molecule has 6 nitrogen and oxygen atoms in total. The molecule has 0 aliphatic carbocycles. The number of hydrogen-bond acceptors (Lipinski definition) is 5. The van der Waals surface area contributed by atoms with Gasteiger partial charge in [-0.1, -0.05) is 36.9 Å². The lowest BCUT2D eigenvalue weighted by atomic mass is 10.0. The first-order valence-corrected chi connectivity index (χ1v) is 11.0. The molecule has 2 heterocycles. The number of aromatic nitrogens is 3. The number of anilines is 1. The predicted molar refractivity (Wildman–Crippen MR) is 120 cm³/mol. The monoisotopic (exact) mass is 429 g/mol. The van der Waals surface area contributed by atoms with Crippen molar-refractivity contribution in [3.05, 3.63) is 70.8 Å². The Balaban J connectivity index is 1.82. The van der Waals surface area contributed by atoms with E-state index in [4.69, 9.17) is 11.6 Å². The molecular weight excluding hydrogens is 406 g/mol. The summed E-state index contributed by atoms with van der Waals surface area (Å²) < 4.78 is 4.92. The molecule has 0 saturated carbocycles. The van der Waals surface area contributed by atoms with Crippen LogP contribution in [0.25, 0.3) is 5.69 Å². The van der Waals surface area contributed by atoms with E-state index in [1.165, 1.54) is 11.9 Å². The molecule has 0 spiro atoms. The molecule has 0 saturated heterocycles. The van der Waals surface area contributed by atoms with Gasteiger partial charge in [0.2, 0.25) is 0 Å². The lowest BCUT2D eigenvalue weighted by molar-refractivity contribution is 0.0933. The van der Waals surface area contributed by atoms with E-state index < -0.39 is 0 Å². The minimum absolute atomic E-state index is 0.123. The summed E-state index contributed by atoms with van der Waals surface area (Å²) in [7, 11) is 0. The summed E-state index contributed by atoms with van der Waals surface area (Å²) in [6.07, 6.45) is 8.89. The van der Waals surface area contributed by atoms with Gasteiger partial charge in [-0.3, -0.25) is 9.78 Å². The zero-order valence-electron chi connectivity index (χ0n) is 16.6. The zero-order chi connectivity index (χ0) is 20.8. The molecule has 0 aliphatic heterocycles. The Morgan fingerprint density at radius 2 is 2.00 bits per heavy atom. The Morgan fingerprint density at radius 1 is 1.24 bits per heavy atom. The molecule has 2 aromatic heterocycles. The zero-order valence-corrected chi connectivity index (χ0v) is 18.2. The summed E-state index contributed by atoms with van der Waals surface area (Å²) in [6, 6.07) is 9.25. The number of halogens is 1. The molecule has 3 rings (SSSR count). The summed E-state index contributed by atoms with van der Waals surface area (Å²) in [5.41, 5.74) is 4.07. The van der Waals surface area contributed by atoms with Gasteiger partial charge < -0.3 is 10.0 Å². The van der Waals surface area contributed by atoms with Gasteiger partial charge in [0, 0.05) is 17.5 Å². The van der Waals surface area contributed by atoms with E-state index in [-0.39, 0.29) is 11.9 Å². The van der Waals surface area contributed by atoms with Crippen molar-refractivity contribution < 1.29 is 4.79 Å². The van der Waals surface area contributed by atoms with E-state index in [1.807, 2.05) is 31.4 Å². The Morgan fingerprint density at radius 3 is 2.69 bits per heavy atom. The fourth-order valence-corrected chi connectivity index (χ4v) is 3.62. The lowest BCUT2D eigenvalue weighted by Crippen LogP contribution is -2.29. The molecule has 3 aromatic rings. The van der Waals surface area contributed by atoms with Crippen LogP contribution in [0.1, 0.15) is 47.4 Å². The van der Waals surface area contributed by atoms with Crippen molar-refractivity contribution in [1.82, 2.24) is 20.1 Å². The maximum absolute atomic E-state index is 13.0. The van der Waals surface area contributed by atoms with Gasteiger partial charge in [-0.15, -0.1) is 0 Å². The maximum Gasteiger partial charge on any atom is 0.255 e. The molecule has 0 aliphatic rings.